The Morgan fingerprint density at radius 1 is 0.941 bits per heavy atom. The van der Waals surface area contributed by atoms with Gasteiger partial charge >= 0.3 is 0 Å². The maximum atomic E-state index is 11.7. The van der Waals surface area contributed by atoms with Crippen molar-refractivity contribution in [1.82, 2.24) is 0 Å². The lowest BCUT2D eigenvalue weighted by atomic mass is 9.79. The largest absolute Gasteiger partial charge is 0.280 e. The molecule has 3 rings (SSSR count). The number of fused-ring (bicyclic) bond motifs is 2. The standard InChI is InChI=1S/C15H11ClO/c16-15(17)14-12-7-3-1-5-10(12)9-11-6-2-4-8-13(11)14/h1-8,14H,9H2. The van der Waals surface area contributed by atoms with Crippen molar-refractivity contribution in [2.24, 2.45) is 0 Å². The first-order valence-corrected chi connectivity index (χ1v) is 6.00. The molecule has 0 bridgehead atoms. The SMILES string of the molecule is O=C(Cl)C1c2ccccc2Cc2ccccc21. The number of benzene rings is 2. The minimum Gasteiger partial charge on any atom is -0.280 e. The highest BCUT2D eigenvalue weighted by atomic mass is 35.5. The van der Waals surface area contributed by atoms with Crippen LogP contribution in [0.3, 0.4) is 0 Å². The van der Waals surface area contributed by atoms with Crippen LogP contribution in [-0.4, -0.2) is 5.24 Å². The summed E-state index contributed by atoms with van der Waals surface area (Å²) in [7, 11) is 0. The van der Waals surface area contributed by atoms with Crippen LogP contribution in [0.2, 0.25) is 0 Å². The quantitative estimate of drug-likeness (QED) is 0.700. The van der Waals surface area contributed by atoms with Crippen LogP contribution in [0.15, 0.2) is 48.5 Å². The van der Waals surface area contributed by atoms with Crippen molar-refractivity contribution in [1.29, 1.82) is 0 Å². The molecule has 0 radical (unpaired) electrons. The maximum absolute atomic E-state index is 11.7. The number of rotatable bonds is 1. The first-order chi connectivity index (χ1) is 8.27. The zero-order valence-corrected chi connectivity index (χ0v) is 9.95. The second kappa shape index (κ2) is 4.01. The van der Waals surface area contributed by atoms with E-state index < -0.39 is 0 Å². The predicted molar refractivity (Wildman–Crippen MR) is 68.4 cm³/mol. The van der Waals surface area contributed by atoms with Gasteiger partial charge in [-0.25, -0.2) is 0 Å². The lowest BCUT2D eigenvalue weighted by Crippen LogP contribution is -2.18. The molecule has 1 nitrogen and oxygen atoms in total. The summed E-state index contributed by atoms with van der Waals surface area (Å²) in [5, 5.41) is -0.301. The van der Waals surface area contributed by atoms with Gasteiger partial charge < -0.3 is 0 Å². The van der Waals surface area contributed by atoms with Gasteiger partial charge in [0.1, 0.15) is 0 Å². The van der Waals surface area contributed by atoms with Crippen LogP contribution in [-0.2, 0) is 11.2 Å². The smallest absolute Gasteiger partial charge is 0.233 e. The molecule has 0 aromatic heterocycles. The molecular formula is C15H11ClO. The molecule has 84 valence electrons. The molecule has 0 aliphatic heterocycles. The summed E-state index contributed by atoms with van der Waals surface area (Å²) in [6, 6.07) is 16.0. The van der Waals surface area contributed by atoms with Crippen molar-refractivity contribution in [3.8, 4) is 0 Å². The third-order valence-corrected chi connectivity index (χ3v) is 3.56. The average Bonchev–Trinajstić information content (AvgIpc) is 2.35. The highest BCUT2D eigenvalue weighted by Crippen LogP contribution is 2.37. The van der Waals surface area contributed by atoms with Gasteiger partial charge in [-0.2, -0.15) is 0 Å². The van der Waals surface area contributed by atoms with Crippen molar-refractivity contribution in [3.63, 3.8) is 0 Å². The van der Waals surface area contributed by atoms with E-state index in [1.165, 1.54) is 11.1 Å². The summed E-state index contributed by atoms with van der Waals surface area (Å²) < 4.78 is 0. The minimum absolute atomic E-state index is 0.301. The lowest BCUT2D eigenvalue weighted by molar-refractivity contribution is -0.112. The Morgan fingerprint density at radius 3 is 1.88 bits per heavy atom. The topological polar surface area (TPSA) is 17.1 Å². The van der Waals surface area contributed by atoms with Gasteiger partial charge in [-0.05, 0) is 40.3 Å². The average molecular weight is 243 g/mol. The summed E-state index contributed by atoms with van der Waals surface area (Å²) in [5.74, 6) is -0.308. The van der Waals surface area contributed by atoms with Crippen molar-refractivity contribution in [3.05, 3.63) is 70.8 Å². The number of hydrogen-bond donors (Lipinski definition) is 0. The third kappa shape index (κ3) is 1.67. The lowest BCUT2D eigenvalue weighted by Gasteiger charge is -2.25. The van der Waals surface area contributed by atoms with Gasteiger partial charge in [0, 0.05) is 0 Å². The van der Waals surface area contributed by atoms with Gasteiger partial charge in [0.25, 0.3) is 0 Å². The zero-order valence-electron chi connectivity index (χ0n) is 9.19. The van der Waals surface area contributed by atoms with Crippen LogP contribution in [0.1, 0.15) is 28.2 Å². The third-order valence-electron chi connectivity index (χ3n) is 3.34. The highest BCUT2D eigenvalue weighted by Gasteiger charge is 2.29. The number of carbonyl (C=O) groups is 1. The molecule has 0 saturated carbocycles. The number of hydrogen-bond acceptors (Lipinski definition) is 1. The summed E-state index contributed by atoms with van der Waals surface area (Å²) in [6.07, 6.45) is 0.882. The predicted octanol–water partition coefficient (Wildman–Crippen LogP) is 3.49. The van der Waals surface area contributed by atoms with E-state index in [4.69, 9.17) is 11.6 Å². The maximum Gasteiger partial charge on any atom is 0.233 e. The van der Waals surface area contributed by atoms with Crippen LogP contribution < -0.4 is 0 Å². The summed E-state index contributed by atoms with van der Waals surface area (Å²) in [6.45, 7) is 0. The van der Waals surface area contributed by atoms with E-state index >= 15 is 0 Å². The van der Waals surface area contributed by atoms with Crippen LogP contribution >= 0.6 is 11.6 Å². The Hall–Kier alpha value is -1.60. The van der Waals surface area contributed by atoms with Gasteiger partial charge in [-0.15, -0.1) is 0 Å². The number of carbonyl (C=O) groups excluding carboxylic acids is 1. The fraction of sp³-hybridized carbons (Fsp3) is 0.133. The van der Waals surface area contributed by atoms with Crippen LogP contribution in [0.4, 0.5) is 0 Å². The monoisotopic (exact) mass is 242 g/mol. The molecule has 0 N–H and O–H groups in total. The molecule has 0 spiro atoms. The Balaban J connectivity index is 2.24. The van der Waals surface area contributed by atoms with E-state index in [1.807, 2.05) is 36.4 Å². The van der Waals surface area contributed by atoms with Crippen LogP contribution in [0.5, 0.6) is 0 Å². The van der Waals surface area contributed by atoms with Gasteiger partial charge in [0.05, 0.1) is 5.92 Å². The Morgan fingerprint density at radius 2 is 1.41 bits per heavy atom. The first kappa shape index (κ1) is 10.5. The van der Waals surface area contributed by atoms with E-state index in [9.17, 15) is 4.79 Å². The molecule has 2 aromatic rings. The van der Waals surface area contributed by atoms with Crippen molar-refractivity contribution in [2.75, 3.05) is 0 Å². The molecule has 0 amide bonds. The highest BCUT2D eigenvalue weighted by molar-refractivity contribution is 6.65. The number of halogens is 1. The van der Waals surface area contributed by atoms with Gasteiger partial charge in [-0.1, -0.05) is 48.5 Å². The molecule has 1 aliphatic carbocycles. The summed E-state index contributed by atoms with van der Waals surface area (Å²) in [4.78, 5) is 11.7. The zero-order chi connectivity index (χ0) is 11.8. The molecule has 0 atom stereocenters. The molecule has 0 fully saturated rings. The molecule has 2 heteroatoms. The van der Waals surface area contributed by atoms with Crippen LogP contribution in [0, 0.1) is 0 Å². The molecule has 1 aliphatic rings. The Labute approximate surface area is 105 Å². The van der Waals surface area contributed by atoms with E-state index in [0.29, 0.717) is 0 Å². The Bertz CT molecular complexity index is 543. The second-order valence-corrected chi connectivity index (χ2v) is 4.68. The molecule has 0 unspecified atom stereocenters. The molecule has 2 aromatic carbocycles. The van der Waals surface area contributed by atoms with Gasteiger partial charge in [-0.3, -0.25) is 4.79 Å². The summed E-state index contributed by atoms with van der Waals surface area (Å²) >= 11 is 5.77. The van der Waals surface area contributed by atoms with Crippen molar-refractivity contribution < 1.29 is 4.79 Å². The normalized spacial score (nSPS) is 13.9. The molecule has 0 heterocycles. The molecule has 17 heavy (non-hydrogen) atoms. The van der Waals surface area contributed by atoms with E-state index in [0.717, 1.165) is 17.5 Å². The van der Waals surface area contributed by atoms with Gasteiger partial charge in [0.15, 0.2) is 0 Å². The van der Waals surface area contributed by atoms with E-state index in [1.54, 1.807) is 0 Å². The van der Waals surface area contributed by atoms with E-state index in [-0.39, 0.29) is 11.2 Å². The molecular weight excluding hydrogens is 232 g/mol. The second-order valence-electron chi connectivity index (χ2n) is 4.31. The fourth-order valence-corrected chi connectivity index (χ4v) is 2.81. The molecule has 0 saturated heterocycles. The van der Waals surface area contributed by atoms with Crippen molar-refractivity contribution in [2.45, 2.75) is 12.3 Å². The Kier molecular flexibility index (Phi) is 2.49. The van der Waals surface area contributed by atoms with E-state index in [2.05, 4.69) is 12.1 Å². The van der Waals surface area contributed by atoms with Crippen LogP contribution in [0.25, 0.3) is 0 Å². The van der Waals surface area contributed by atoms with Crippen molar-refractivity contribution >= 4 is 16.8 Å². The first-order valence-electron chi connectivity index (χ1n) is 5.62. The fourth-order valence-electron chi connectivity index (χ4n) is 2.57. The minimum atomic E-state index is -0.308. The summed E-state index contributed by atoms with van der Waals surface area (Å²) in [5.41, 5.74) is 4.49. The van der Waals surface area contributed by atoms with Gasteiger partial charge in [0.2, 0.25) is 5.24 Å².